The molecule has 6 nitrogen and oxygen atoms in total. The first-order valence-electron chi connectivity index (χ1n) is 8.11. The molecule has 1 amide bonds. The van der Waals surface area contributed by atoms with Gasteiger partial charge in [-0.1, -0.05) is 27.7 Å². The fourth-order valence-corrected chi connectivity index (χ4v) is 2.93. The lowest BCUT2D eigenvalue weighted by atomic mass is 9.84. The summed E-state index contributed by atoms with van der Waals surface area (Å²) in [6, 6.07) is -0.511. The second-order valence-electron chi connectivity index (χ2n) is 6.68. The number of hydrogen-bond donors (Lipinski definition) is 1. The van der Waals surface area contributed by atoms with E-state index in [9.17, 15) is 14.7 Å². The molecule has 0 saturated carbocycles. The Kier molecular flexibility index (Phi) is 7.82. The molecule has 1 fully saturated rings. The third kappa shape index (κ3) is 5.57. The van der Waals surface area contributed by atoms with Crippen molar-refractivity contribution in [2.75, 3.05) is 6.61 Å². The zero-order valence-electron chi connectivity index (χ0n) is 14.0. The number of rotatable bonds is 9. The fraction of sp³-hybridized carbons (Fsp3) is 0.875. The molecule has 3 atom stereocenters. The van der Waals surface area contributed by atoms with Crippen LogP contribution in [0.3, 0.4) is 0 Å². The van der Waals surface area contributed by atoms with Gasteiger partial charge in [0.25, 0.3) is 0 Å². The molecule has 1 aliphatic heterocycles. The van der Waals surface area contributed by atoms with Gasteiger partial charge in [-0.05, 0) is 31.1 Å². The first-order chi connectivity index (χ1) is 10.4. The summed E-state index contributed by atoms with van der Waals surface area (Å²) in [5.74, 6) is -1.36. The topological polar surface area (TPSA) is 76.1 Å². The van der Waals surface area contributed by atoms with E-state index in [1.54, 1.807) is 0 Å². The lowest BCUT2D eigenvalue weighted by Crippen LogP contribution is -2.48. The van der Waals surface area contributed by atoms with Crippen LogP contribution in [0.5, 0.6) is 0 Å². The van der Waals surface area contributed by atoms with E-state index in [1.165, 1.54) is 5.06 Å². The average molecular weight is 315 g/mol. The van der Waals surface area contributed by atoms with Crippen LogP contribution in [0.4, 0.5) is 0 Å². The molecule has 1 rings (SSSR count). The van der Waals surface area contributed by atoms with Crippen molar-refractivity contribution < 1.29 is 24.3 Å². The minimum atomic E-state index is -0.896. The zero-order valence-corrected chi connectivity index (χ0v) is 14.0. The Labute approximate surface area is 132 Å². The van der Waals surface area contributed by atoms with Gasteiger partial charge < -0.3 is 9.84 Å². The monoisotopic (exact) mass is 315 g/mol. The van der Waals surface area contributed by atoms with Crippen molar-refractivity contribution >= 4 is 12.4 Å². The molecular formula is C16H29NO5. The summed E-state index contributed by atoms with van der Waals surface area (Å²) in [5, 5.41) is 10.7. The Morgan fingerprint density at radius 3 is 2.45 bits per heavy atom. The highest BCUT2D eigenvalue weighted by Gasteiger charge is 2.37. The quantitative estimate of drug-likeness (QED) is 0.523. The van der Waals surface area contributed by atoms with Gasteiger partial charge >= 0.3 is 5.97 Å². The number of ether oxygens (including phenoxy) is 1. The molecule has 22 heavy (non-hydrogen) atoms. The number of nitrogens with zero attached hydrogens (tertiary/aromatic N) is 1. The van der Waals surface area contributed by atoms with E-state index in [4.69, 9.17) is 9.57 Å². The van der Waals surface area contributed by atoms with Crippen molar-refractivity contribution in [3.8, 4) is 0 Å². The lowest BCUT2D eigenvalue weighted by molar-refractivity contribution is -0.293. The number of hydrogen-bond acceptors (Lipinski definition) is 4. The summed E-state index contributed by atoms with van der Waals surface area (Å²) in [7, 11) is 0. The Balaban J connectivity index is 2.87. The molecule has 1 saturated heterocycles. The minimum absolute atomic E-state index is 0.0337. The Bertz CT molecular complexity index is 352. The van der Waals surface area contributed by atoms with Gasteiger partial charge in [-0.15, -0.1) is 0 Å². The molecule has 6 heteroatoms. The van der Waals surface area contributed by atoms with Gasteiger partial charge in [0, 0.05) is 13.0 Å². The number of amides is 1. The third-order valence-corrected chi connectivity index (χ3v) is 3.91. The van der Waals surface area contributed by atoms with Gasteiger partial charge in [0.05, 0.1) is 12.0 Å². The van der Waals surface area contributed by atoms with E-state index in [1.807, 2.05) is 27.7 Å². The molecule has 1 N–H and O–H groups in total. The molecule has 0 aromatic rings. The predicted molar refractivity (Wildman–Crippen MR) is 81.8 cm³/mol. The van der Waals surface area contributed by atoms with Crippen LogP contribution in [0.15, 0.2) is 0 Å². The van der Waals surface area contributed by atoms with Crippen molar-refractivity contribution in [3.63, 3.8) is 0 Å². The Morgan fingerprint density at radius 2 is 2.05 bits per heavy atom. The van der Waals surface area contributed by atoms with Gasteiger partial charge in [-0.3, -0.25) is 9.59 Å². The van der Waals surface area contributed by atoms with E-state index in [0.29, 0.717) is 19.4 Å². The maximum atomic E-state index is 11.7. The Hall–Kier alpha value is -1.14. The number of aliphatic carboxylic acids is 1. The normalized spacial score (nSPS) is 21.6. The molecule has 3 unspecified atom stereocenters. The second kappa shape index (κ2) is 9.10. The molecule has 0 aromatic carbocycles. The number of carboxylic acid groups (broad SMARTS) is 1. The highest BCUT2D eigenvalue weighted by Crippen LogP contribution is 2.27. The fourth-order valence-electron chi connectivity index (χ4n) is 2.93. The van der Waals surface area contributed by atoms with Crippen LogP contribution in [0, 0.1) is 17.8 Å². The highest BCUT2D eigenvalue weighted by molar-refractivity contribution is 5.71. The Morgan fingerprint density at radius 1 is 1.36 bits per heavy atom. The summed E-state index contributed by atoms with van der Waals surface area (Å²) >= 11 is 0. The van der Waals surface area contributed by atoms with Gasteiger partial charge in [-0.2, -0.15) is 0 Å². The first-order valence-corrected chi connectivity index (χ1v) is 8.11. The largest absolute Gasteiger partial charge is 0.481 e. The molecule has 1 aliphatic rings. The lowest BCUT2D eigenvalue weighted by Gasteiger charge is -2.37. The van der Waals surface area contributed by atoms with E-state index in [-0.39, 0.29) is 11.8 Å². The van der Waals surface area contributed by atoms with E-state index in [0.717, 1.165) is 19.3 Å². The standard InChI is InChI=1S/C16H29NO5/c1-11(2)9-13(16(19)20)15(12(3)4)17(10-18)22-14-7-5-6-8-21-14/h10-15H,5-9H2,1-4H3,(H,19,20). The number of carboxylic acids is 1. The van der Waals surface area contributed by atoms with Crippen molar-refractivity contribution in [3.05, 3.63) is 0 Å². The van der Waals surface area contributed by atoms with Gasteiger partial charge in [0.15, 0.2) is 6.29 Å². The second-order valence-corrected chi connectivity index (χ2v) is 6.68. The number of hydroxylamine groups is 2. The summed E-state index contributed by atoms with van der Waals surface area (Å²) in [5.41, 5.74) is 0. The summed E-state index contributed by atoms with van der Waals surface area (Å²) in [6.45, 7) is 8.37. The maximum absolute atomic E-state index is 11.7. The molecule has 128 valence electrons. The van der Waals surface area contributed by atoms with Crippen molar-refractivity contribution in [1.82, 2.24) is 5.06 Å². The van der Waals surface area contributed by atoms with Crippen LogP contribution in [0.2, 0.25) is 0 Å². The van der Waals surface area contributed by atoms with E-state index in [2.05, 4.69) is 0 Å². The summed E-state index contributed by atoms with van der Waals surface area (Å²) in [6.07, 6.45) is 3.30. The van der Waals surface area contributed by atoms with Crippen molar-refractivity contribution in [1.29, 1.82) is 0 Å². The van der Waals surface area contributed by atoms with Crippen LogP contribution in [0.1, 0.15) is 53.4 Å². The van der Waals surface area contributed by atoms with Crippen LogP contribution >= 0.6 is 0 Å². The molecule has 0 aromatic heterocycles. The predicted octanol–water partition coefficient (Wildman–Crippen LogP) is 2.67. The van der Waals surface area contributed by atoms with Crippen LogP contribution in [-0.4, -0.2) is 41.5 Å². The zero-order chi connectivity index (χ0) is 16.7. The SMILES string of the molecule is CC(C)CC(C(=O)O)C(C(C)C)N(C=O)OC1CCCCO1. The number of carbonyl (C=O) groups is 2. The van der Waals surface area contributed by atoms with E-state index < -0.39 is 24.2 Å². The smallest absolute Gasteiger partial charge is 0.308 e. The molecule has 0 radical (unpaired) electrons. The van der Waals surface area contributed by atoms with Crippen LogP contribution in [-0.2, 0) is 19.2 Å². The average Bonchev–Trinajstić information content (AvgIpc) is 2.45. The summed E-state index contributed by atoms with van der Waals surface area (Å²) < 4.78 is 5.49. The molecular weight excluding hydrogens is 286 g/mol. The minimum Gasteiger partial charge on any atom is -0.481 e. The highest BCUT2D eigenvalue weighted by atomic mass is 16.8. The van der Waals surface area contributed by atoms with E-state index >= 15 is 0 Å². The molecule has 1 heterocycles. The van der Waals surface area contributed by atoms with Crippen molar-refractivity contribution in [2.24, 2.45) is 17.8 Å². The number of carbonyl (C=O) groups excluding carboxylic acids is 1. The van der Waals surface area contributed by atoms with Crippen LogP contribution < -0.4 is 0 Å². The van der Waals surface area contributed by atoms with Gasteiger partial charge in [-0.25, -0.2) is 9.90 Å². The molecule has 0 bridgehead atoms. The van der Waals surface area contributed by atoms with Gasteiger partial charge in [0.2, 0.25) is 6.41 Å². The summed E-state index contributed by atoms with van der Waals surface area (Å²) in [4.78, 5) is 28.8. The maximum Gasteiger partial charge on any atom is 0.308 e. The van der Waals surface area contributed by atoms with Crippen LogP contribution in [0.25, 0.3) is 0 Å². The van der Waals surface area contributed by atoms with Crippen molar-refractivity contribution in [2.45, 2.75) is 65.7 Å². The molecule has 0 spiro atoms. The third-order valence-electron chi connectivity index (χ3n) is 3.91. The first kappa shape index (κ1) is 18.9. The molecule has 0 aliphatic carbocycles. The van der Waals surface area contributed by atoms with Gasteiger partial charge in [0.1, 0.15) is 0 Å².